The monoisotopic (exact) mass is 321 g/mol. The van der Waals surface area contributed by atoms with Crippen LogP contribution in [0.15, 0.2) is 10.3 Å². The lowest BCUT2D eigenvalue weighted by Crippen LogP contribution is -2.46. The largest absolute Gasteiger partial charge is 0.244 e. The molecule has 0 bridgehead atoms. The number of thiophene rings is 1. The van der Waals surface area contributed by atoms with E-state index < -0.39 is 10.0 Å². The van der Waals surface area contributed by atoms with E-state index in [1.807, 2.05) is 19.2 Å². The zero-order chi connectivity index (χ0) is 14.2. The van der Waals surface area contributed by atoms with Crippen LogP contribution in [0.3, 0.4) is 0 Å². The first-order valence-corrected chi connectivity index (χ1v) is 9.39. The van der Waals surface area contributed by atoms with Crippen molar-refractivity contribution < 1.29 is 8.42 Å². The van der Waals surface area contributed by atoms with Gasteiger partial charge in [0.2, 0.25) is 10.0 Å². The average Bonchev–Trinajstić information content (AvgIpc) is 2.74. The fraction of sp³-hybridized carbons (Fsp3) is 0.692. The van der Waals surface area contributed by atoms with E-state index in [1.54, 1.807) is 4.31 Å². The molecule has 19 heavy (non-hydrogen) atoms. The maximum Gasteiger partial charge on any atom is 0.244 e. The SMILES string of the molecule is Cc1csc(CCl)c1S(=O)(=O)N1CCCC(C)C1C. The van der Waals surface area contributed by atoms with Crippen LogP contribution in [0.5, 0.6) is 0 Å². The molecule has 1 saturated heterocycles. The summed E-state index contributed by atoms with van der Waals surface area (Å²) in [6.07, 6.45) is 2.03. The van der Waals surface area contributed by atoms with Gasteiger partial charge in [0, 0.05) is 17.5 Å². The molecule has 0 N–H and O–H groups in total. The van der Waals surface area contributed by atoms with Gasteiger partial charge in [0.15, 0.2) is 0 Å². The Bertz CT molecular complexity index is 553. The number of halogens is 1. The van der Waals surface area contributed by atoms with Crippen LogP contribution in [-0.4, -0.2) is 25.3 Å². The standard InChI is InChI=1S/C13H20ClNO2S2/c1-9-5-4-6-15(11(9)3)19(16,17)13-10(2)8-18-12(13)7-14/h8-9,11H,4-7H2,1-3H3. The maximum absolute atomic E-state index is 12.9. The molecule has 6 heteroatoms. The van der Waals surface area contributed by atoms with Crippen LogP contribution in [0.2, 0.25) is 0 Å². The second-order valence-electron chi connectivity index (χ2n) is 5.28. The van der Waals surface area contributed by atoms with Gasteiger partial charge in [0.1, 0.15) is 4.90 Å². The van der Waals surface area contributed by atoms with E-state index >= 15 is 0 Å². The summed E-state index contributed by atoms with van der Waals surface area (Å²) < 4.78 is 27.4. The molecule has 3 nitrogen and oxygen atoms in total. The third-order valence-electron chi connectivity index (χ3n) is 3.99. The number of alkyl halides is 1. The van der Waals surface area contributed by atoms with Crippen LogP contribution in [0.4, 0.5) is 0 Å². The third kappa shape index (κ3) is 2.71. The Morgan fingerprint density at radius 2 is 2.16 bits per heavy atom. The molecule has 0 aromatic carbocycles. The molecule has 0 aliphatic carbocycles. The predicted octanol–water partition coefficient (Wildman–Crippen LogP) is 3.60. The number of rotatable bonds is 3. The van der Waals surface area contributed by atoms with Crippen molar-refractivity contribution in [2.24, 2.45) is 5.92 Å². The smallest absolute Gasteiger partial charge is 0.207 e. The van der Waals surface area contributed by atoms with E-state index in [0.29, 0.717) is 17.4 Å². The van der Waals surface area contributed by atoms with Crippen molar-refractivity contribution in [2.75, 3.05) is 6.54 Å². The highest BCUT2D eigenvalue weighted by molar-refractivity contribution is 7.89. The molecule has 1 aromatic heterocycles. The number of aryl methyl sites for hydroxylation is 1. The van der Waals surface area contributed by atoms with Crippen LogP contribution >= 0.6 is 22.9 Å². The van der Waals surface area contributed by atoms with Crippen molar-refractivity contribution in [2.45, 2.75) is 50.4 Å². The van der Waals surface area contributed by atoms with Crippen molar-refractivity contribution in [1.82, 2.24) is 4.31 Å². The second-order valence-corrected chi connectivity index (χ2v) is 8.34. The predicted molar refractivity (Wildman–Crippen MR) is 80.4 cm³/mol. The van der Waals surface area contributed by atoms with Gasteiger partial charge >= 0.3 is 0 Å². The number of hydrogen-bond acceptors (Lipinski definition) is 3. The first-order valence-electron chi connectivity index (χ1n) is 6.54. The zero-order valence-electron chi connectivity index (χ0n) is 11.5. The van der Waals surface area contributed by atoms with Crippen LogP contribution in [-0.2, 0) is 15.9 Å². The molecule has 2 heterocycles. The van der Waals surface area contributed by atoms with Crippen molar-refractivity contribution in [3.05, 3.63) is 15.8 Å². The molecule has 2 rings (SSSR count). The summed E-state index contributed by atoms with van der Waals surface area (Å²) in [6, 6.07) is 0.0567. The van der Waals surface area contributed by atoms with E-state index in [0.717, 1.165) is 23.3 Å². The molecular weight excluding hydrogens is 302 g/mol. The zero-order valence-corrected chi connectivity index (χ0v) is 13.9. The lowest BCUT2D eigenvalue weighted by atomic mass is 9.94. The normalized spacial score (nSPS) is 25.7. The first kappa shape index (κ1) is 15.3. The molecule has 1 fully saturated rings. The Morgan fingerprint density at radius 1 is 1.47 bits per heavy atom. The van der Waals surface area contributed by atoms with E-state index in [4.69, 9.17) is 11.6 Å². The minimum absolute atomic E-state index is 0.0567. The topological polar surface area (TPSA) is 37.4 Å². The molecule has 108 valence electrons. The highest BCUT2D eigenvalue weighted by Gasteiger charge is 2.36. The minimum Gasteiger partial charge on any atom is -0.207 e. The summed E-state index contributed by atoms with van der Waals surface area (Å²) in [5.41, 5.74) is 0.811. The molecule has 2 atom stereocenters. The summed E-state index contributed by atoms with van der Waals surface area (Å²) in [5.74, 6) is 0.659. The van der Waals surface area contributed by atoms with Gasteiger partial charge in [-0.3, -0.25) is 0 Å². The Labute approximate surface area is 124 Å². The maximum atomic E-state index is 12.9. The fourth-order valence-electron chi connectivity index (χ4n) is 2.68. The summed E-state index contributed by atoms with van der Waals surface area (Å²) in [7, 11) is -3.41. The summed E-state index contributed by atoms with van der Waals surface area (Å²) >= 11 is 7.31. The minimum atomic E-state index is -3.41. The summed E-state index contributed by atoms with van der Waals surface area (Å²) in [5, 5.41) is 1.88. The number of nitrogens with zero attached hydrogens (tertiary/aromatic N) is 1. The van der Waals surface area contributed by atoms with Crippen molar-refractivity contribution in [3.63, 3.8) is 0 Å². The molecule has 2 unspecified atom stereocenters. The van der Waals surface area contributed by atoms with Gasteiger partial charge in [-0.05, 0) is 43.6 Å². The van der Waals surface area contributed by atoms with Gasteiger partial charge in [0.25, 0.3) is 0 Å². The van der Waals surface area contributed by atoms with Gasteiger partial charge < -0.3 is 0 Å². The van der Waals surface area contributed by atoms with Gasteiger partial charge in [0.05, 0.1) is 5.88 Å². The molecular formula is C13H20ClNO2S2. The molecule has 1 aliphatic rings. The van der Waals surface area contributed by atoms with E-state index in [2.05, 4.69) is 6.92 Å². The van der Waals surface area contributed by atoms with Gasteiger partial charge in [-0.2, -0.15) is 4.31 Å². The van der Waals surface area contributed by atoms with E-state index in [1.165, 1.54) is 11.3 Å². The van der Waals surface area contributed by atoms with Gasteiger partial charge in [-0.15, -0.1) is 22.9 Å². The Hall–Kier alpha value is -0.100. The Balaban J connectivity index is 2.44. The number of piperidine rings is 1. The van der Waals surface area contributed by atoms with Crippen LogP contribution in [0.25, 0.3) is 0 Å². The molecule has 0 saturated carbocycles. The molecule has 1 aliphatic heterocycles. The highest BCUT2D eigenvalue weighted by Crippen LogP contribution is 2.34. The molecule has 1 aromatic rings. The number of hydrogen-bond donors (Lipinski definition) is 0. The number of sulfonamides is 1. The first-order chi connectivity index (χ1) is 8.89. The molecule has 0 spiro atoms. The highest BCUT2D eigenvalue weighted by atomic mass is 35.5. The molecule has 0 amide bonds. The fourth-order valence-corrected chi connectivity index (χ4v) is 6.46. The van der Waals surface area contributed by atoms with Crippen LogP contribution in [0.1, 0.15) is 37.1 Å². The molecule has 0 radical (unpaired) electrons. The lowest BCUT2D eigenvalue weighted by molar-refractivity contribution is 0.202. The quantitative estimate of drug-likeness (QED) is 0.798. The van der Waals surface area contributed by atoms with Crippen LogP contribution < -0.4 is 0 Å². The van der Waals surface area contributed by atoms with Crippen LogP contribution in [0, 0.1) is 12.8 Å². The lowest BCUT2D eigenvalue weighted by Gasteiger charge is -2.37. The van der Waals surface area contributed by atoms with Gasteiger partial charge in [-0.1, -0.05) is 6.92 Å². The summed E-state index contributed by atoms with van der Waals surface area (Å²) in [4.78, 5) is 1.19. The summed E-state index contributed by atoms with van der Waals surface area (Å²) in [6.45, 7) is 6.58. The van der Waals surface area contributed by atoms with Crippen molar-refractivity contribution >= 4 is 33.0 Å². The van der Waals surface area contributed by atoms with Gasteiger partial charge in [-0.25, -0.2) is 8.42 Å². The van der Waals surface area contributed by atoms with Crippen molar-refractivity contribution in [3.8, 4) is 0 Å². The average molecular weight is 322 g/mol. The van der Waals surface area contributed by atoms with Crippen molar-refractivity contribution in [1.29, 1.82) is 0 Å². The Morgan fingerprint density at radius 3 is 2.79 bits per heavy atom. The Kier molecular flexibility index (Phi) is 4.60. The third-order valence-corrected chi connectivity index (χ3v) is 7.87. The van der Waals surface area contributed by atoms with E-state index in [9.17, 15) is 8.42 Å². The van der Waals surface area contributed by atoms with E-state index in [-0.39, 0.29) is 11.9 Å². The second kappa shape index (κ2) is 5.72.